The first-order chi connectivity index (χ1) is 10.3. The van der Waals surface area contributed by atoms with Crippen molar-refractivity contribution in [3.05, 3.63) is 35.9 Å². The van der Waals surface area contributed by atoms with Gasteiger partial charge in [-0.15, -0.1) is 0 Å². The average molecular weight is 291 g/mol. The van der Waals surface area contributed by atoms with Crippen LogP contribution in [0.1, 0.15) is 43.6 Å². The Hall–Kier alpha value is -1.39. The van der Waals surface area contributed by atoms with E-state index in [2.05, 4.69) is 5.32 Å². The Kier molecular flexibility index (Phi) is 6.70. The molecule has 1 heterocycles. The fourth-order valence-corrected chi connectivity index (χ4v) is 2.76. The van der Waals surface area contributed by atoms with Crippen molar-refractivity contribution in [1.82, 2.24) is 5.32 Å². The van der Waals surface area contributed by atoms with E-state index in [1.807, 2.05) is 30.3 Å². The molecule has 1 aliphatic rings. The first-order valence-corrected chi connectivity index (χ1v) is 7.83. The third kappa shape index (κ3) is 5.48. The highest BCUT2D eigenvalue weighted by Gasteiger charge is 2.17. The van der Waals surface area contributed by atoms with Crippen LogP contribution in [0.4, 0.5) is 0 Å². The molecular weight excluding hydrogens is 266 g/mol. The number of benzene rings is 1. The summed E-state index contributed by atoms with van der Waals surface area (Å²) in [5.41, 5.74) is 1.16. The zero-order chi connectivity index (χ0) is 14.9. The average Bonchev–Trinajstić information content (AvgIpc) is 3.03. The van der Waals surface area contributed by atoms with Gasteiger partial charge >= 0.3 is 0 Å². The predicted octanol–water partition coefficient (Wildman–Crippen LogP) is 2.23. The van der Waals surface area contributed by atoms with Crippen molar-refractivity contribution in [2.45, 2.75) is 44.1 Å². The highest BCUT2D eigenvalue weighted by atomic mass is 16.5. The molecule has 0 spiro atoms. The monoisotopic (exact) mass is 291 g/mol. The molecule has 2 atom stereocenters. The van der Waals surface area contributed by atoms with Crippen molar-refractivity contribution < 1.29 is 14.6 Å². The summed E-state index contributed by atoms with van der Waals surface area (Å²) in [5.74, 6) is 0.243. The second-order valence-corrected chi connectivity index (χ2v) is 5.60. The van der Waals surface area contributed by atoms with Gasteiger partial charge in [0.05, 0.1) is 6.10 Å². The number of rotatable bonds is 8. The van der Waals surface area contributed by atoms with Crippen LogP contribution < -0.4 is 5.32 Å². The summed E-state index contributed by atoms with van der Waals surface area (Å²) in [5, 5.41) is 12.2. The first kappa shape index (κ1) is 16.0. The SMILES string of the molecule is O=C(CCC1CCCO1)NCC(CCO)c1ccccc1. The normalized spacial score (nSPS) is 19.4. The number of carbonyl (C=O) groups is 1. The summed E-state index contributed by atoms with van der Waals surface area (Å²) in [4.78, 5) is 11.9. The molecule has 2 N–H and O–H groups in total. The van der Waals surface area contributed by atoms with Gasteiger partial charge in [0.25, 0.3) is 0 Å². The van der Waals surface area contributed by atoms with Crippen LogP contribution >= 0.6 is 0 Å². The standard InChI is InChI=1S/C17H25NO3/c19-11-10-15(14-5-2-1-3-6-14)13-18-17(20)9-8-16-7-4-12-21-16/h1-3,5-6,15-16,19H,4,7-13H2,(H,18,20). The van der Waals surface area contributed by atoms with Crippen LogP contribution in [0.25, 0.3) is 0 Å². The van der Waals surface area contributed by atoms with E-state index in [-0.39, 0.29) is 24.5 Å². The fourth-order valence-electron chi connectivity index (χ4n) is 2.76. The van der Waals surface area contributed by atoms with Crippen LogP contribution in [-0.2, 0) is 9.53 Å². The Labute approximate surface area is 126 Å². The minimum absolute atomic E-state index is 0.0735. The molecule has 116 valence electrons. The van der Waals surface area contributed by atoms with Crippen molar-refractivity contribution >= 4 is 5.91 Å². The van der Waals surface area contributed by atoms with Gasteiger partial charge in [-0.25, -0.2) is 0 Å². The van der Waals surface area contributed by atoms with Gasteiger partial charge in [0.15, 0.2) is 0 Å². The summed E-state index contributed by atoms with van der Waals surface area (Å²) in [6.07, 6.45) is 4.44. The number of aliphatic hydroxyl groups is 1. The highest BCUT2D eigenvalue weighted by molar-refractivity contribution is 5.75. The molecule has 1 saturated heterocycles. The number of nitrogens with one attached hydrogen (secondary N) is 1. The molecule has 0 bridgehead atoms. The topological polar surface area (TPSA) is 58.6 Å². The molecule has 0 saturated carbocycles. The Balaban J connectivity index is 1.74. The quantitative estimate of drug-likeness (QED) is 0.772. The summed E-state index contributed by atoms with van der Waals surface area (Å²) in [6.45, 7) is 1.54. The molecule has 0 aliphatic carbocycles. The van der Waals surface area contributed by atoms with Gasteiger partial charge in [0.1, 0.15) is 0 Å². The number of ether oxygens (including phenoxy) is 1. The first-order valence-electron chi connectivity index (χ1n) is 7.83. The Morgan fingerprint density at radius 1 is 1.38 bits per heavy atom. The maximum Gasteiger partial charge on any atom is 0.220 e. The van der Waals surface area contributed by atoms with E-state index in [1.54, 1.807) is 0 Å². The van der Waals surface area contributed by atoms with Crippen LogP contribution in [0.15, 0.2) is 30.3 Å². The molecule has 2 unspecified atom stereocenters. The van der Waals surface area contributed by atoms with E-state index in [4.69, 9.17) is 4.74 Å². The molecule has 4 nitrogen and oxygen atoms in total. The Morgan fingerprint density at radius 2 is 2.19 bits per heavy atom. The number of hydrogen-bond donors (Lipinski definition) is 2. The molecule has 4 heteroatoms. The van der Waals surface area contributed by atoms with Gasteiger partial charge in [-0.2, -0.15) is 0 Å². The molecule has 21 heavy (non-hydrogen) atoms. The second-order valence-electron chi connectivity index (χ2n) is 5.60. The third-order valence-corrected chi connectivity index (χ3v) is 4.01. The van der Waals surface area contributed by atoms with E-state index >= 15 is 0 Å². The lowest BCUT2D eigenvalue weighted by atomic mass is 9.96. The number of aliphatic hydroxyl groups excluding tert-OH is 1. The Morgan fingerprint density at radius 3 is 2.86 bits per heavy atom. The predicted molar refractivity (Wildman–Crippen MR) is 82.1 cm³/mol. The molecule has 1 aromatic carbocycles. The summed E-state index contributed by atoms with van der Waals surface area (Å²) >= 11 is 0. The fraction of sp³-hybridized carbons (Fsp3) is 0.588. The molecular formula is C17H25NO3. The van der Waals surface area contributed by atoms with E-state index in [0.29, 0.717) is 19.4 Å². The molecule has 1 aliphatic heterocycles. The number of carbonyl (C=O) groups excluding carboxylic acids is 1. The Bertz CT molecular complexity index is 415. The van der Waals surface area contributed by atoms with Gasteiger partial charge in [-0.3, -0.25) is 4.79 Å². The van der Waals surface area contributed by atoms with Gasteiger partial charge in [0, 0.05) is 32.1 Å². The van der Waals surface area contributed by atoms with Gasteiger partial charge in [-0.1, -0.05) is 30.3 Å². The number of hydrogen-bond acceptors (Lipinski definition) is 3. The van der Waals surface area contributed by atoms with Crippen LogP contribution in [0.5, 0.6) is 0 Å². The molecule has 2 rings (SSSR count). The molecule has 1 amide bonds. The smallest absolute Gasteiger partial charge is 0.220 e. The van der Waals surface area contributed by atoms with Crippen molar-refractivity contribution in [3.63, 3.8) is 0 Å². The van der Waals surface area contributed by atoms with E-state index < -0.39 is 0 Å². The van der Waals surface area contributed by atoms with Crippen LogP contribution in [0, 0.1) is 0 Å². The van der Waals surface area contributed by atoms with Gasteiger partial charge < -0.3 is 15.2 Å². The van der Waals surface area contributed by atoms with Crippen molar-refractivity contribution in [2.24, 2.45) is 0 Å². The summed E-state index contributed by atoms with van der Waals surface area (Å²) < 4.78 is 5.52. The maximum atomic E-state index is 11.9. The summed E-state index contributed by atoms with van der Waals surface area (Å²) in [6, 6.07) is 10.0. The van der Waals surface area contributed by atoms with Crippen LogP contribution in [0.3, 0.4) is 0 Å². The largest absolute Gasteiger partial charge is 0.396 e. The third-order valence-electron chi connectivity index (χ3n) is 4.01. The van der Waals surface area contributed by atoms with E-state index in [9.17, 15) is 9.90 Å². The maximum absolute atomic E-state index is 11.9. The number of amides is 1. The lowest BCUT2D eigenvalue weighted by Gasteiger charge is -2.17. The van der Waals surface area contributed by atoms with Gasteiger partial charge in [0.2, 0.25) is 5.91 Å². The van der Waals surface area contributed by atoms with Crippen molar-refractivity contribution in [3.8, 4) is 0 Å². The minimum atomic E-state index is 0.0735. The minimum Gasteiger partial charge on any atom is -0.396 e. The van der Waals surface area contributed by atoms with Crippen molar-refractivity contribution in [1.29, 1.82) is 0 Å². The van der Waals surface area contributed by atoms with Gasteiger partial charge in [-0.05, 0) is 31.2 Å². The molecule has 0 radical (unpaired) electrons. The van der Waals surface area contributed by atoms with E-state index in [0.717, 1.165) is 31.4 Å². The molecule has 1 fully saturated rings. The highest BCUT2D eigenvalue weighted by Crippen LogP contribution is 2.19. The molecule has 0 aromatic heterocycles. The van der Waals surface area contributed by atoms with E-state index in [1.165, 1.54) is 0 Å². The zero-order valence-electron chi connectivity index (χ0n) is 12.5. The second kappa shape index (κ2) is 8.80. The molecule has 1 aromatic rings. The zero-order valence-corrected chi connectivity index (χ0v) is 12.5. The van der Waals surface area contributed by atoms with Crippen molar-refractivity contribution in [2.75, 3.05) is 19.8 Å². The summed E-state index contributed by atoms with van der Waals surface area (Å²) in [7, 11) is 0. The lowest BCUT2D eigenvalue weighted by molar-refractivity contribution is -0.121. The lowest BCUT2D eigenvalue weighted by Crippen LogP contribution is -2.29. The van der Waals surface area contributed by atoms with Crippen LogP contribution in [0.2, 0.25) is 0 Å². The van der Waals surface area contributed by atoms with Crippen LogP contribution in [-0.4, -0.2) is 36.9 Å².